The summed E-state index contributed by atoms with van der Waals surface area (Å²) < 4.78 is 6.27. The maximum atomic E-state index is 11.1. The third-order valence-corrected chi connectivity index (χ3v) is 3.15. The fraction of sp³-hybridized carbons (Fsp3) is 0.300. The molecular formula is C10H11N3O3S. The average molecular weight is 253 g/mol. The molecule has 0 unspecified atom stereocenters. The third-order valence-electron chi connectivity index (χ3n) is 2.24. The molecule has 0 saturated heterocycles. The van der Waals surface area contributed by atoms with Crippen molar-refractivity contribution in [3.05, 3.63) is 22.0 Å². The Labute approximate surface area is 101 Å². The van der Waals surface area contributed by atoms with E-state index in [-0.39, 0.29) is 5.69 Å². The molecule has 2 aromatic rings. The largest absolute Gasteiger partial charge is 0.476 e. The van der Waals surface area contributed by atoms with Crippen LogP contribution in [0.25, 0.3) is 11.3 Å². The number of methoxy groups -OCH3 is 1. The molecule has 1 N–H and O–H groups in total. The van der Waals surface area contributed by atoms with Gasteiger partial charge in [0.1, 0.15) is 5.69 Å². The van der Waals surface area contributed by atoms with Gasteiger partial charge in [-0.1, -0.05) is 5.21 Å². The predicted molar refractivity (Wildman–Crippen MR) is 62.0 cm³/mol. The Morgan fingerprint density at radius 3 is 3.06 bits per heavy atom. The van der Waals surface area contributed by atoms with E-state index in [1.807, 2.05) is 11.4 Å². The number of carbonyl (C=O) groups is 1. The van der Waals surface area contributed by atoms with Gasteiger partial charge in [0.05, 0.1) is 6.61 Å². The minimum atomic E-state index is -1.04. The quantitative estimate of drug-likeness (QED) is 0.890. The summed E-state index contributed by atoms with van der Waals surface area (Å²) in [5.74, 6) is -1.04. The summed E-state index contributed by atoms with van der Waals surface area (Å²) >= 11 is 1.50. The average Bonchev–Trinajstić information content (AvgIpc) is 2.84. The summed E-state index contributed by atoms with van der Waals surface area (Å²) in [7, 11) is 3.17. The summed E-state index contributed by atoms with van der Waals surface area (Å²) in [6.45, 7) is 0.507. The second-order valence-corrected chi connectivity index (χ2v) is 4.45. The van der Waals surface area contributed by atoms with Crippen LogP contribution in [0.2, 0.25) is 0 Å². The first-order valence-electron chi connectivity index (χ1n) is 4.83. The van der Waals surface area contributed by atoms with Gasteiger partial charge in [-0.2, -0.15) is 0 Å². The number of aryl methyl sites for hydroxylation is 1. The second-order valence-electron chi connectivity index (χ2n) is 3.45. The Morgan fingerprint density at radius 1 is 1.65 bits per heavy atom. The third kappa shape index (κ3) is 2.20. The van der Waals surface area contributed by atoms with Gasteiger partial charge in [-0.3, -0.25) is 0 Å². The Balaban J connectivity index is 2.42. The molecule has 0 aromatic carbocycles. The minimum absolute atomic E-state index is 0.0896. The Morgan fingerprint density at radius 2 is 2.41 bits per heavy atom. The summed E-state index contributed by atoms with van der Waals surface area (Å²) in [4.78, 5) is 12.1. The van der Waals surface area contributed by atoms with Gasteiger partial charge in [0.25, 0.3) is 0 Å². The first-order chi connectivity index (χ1) is 8.13. The monoisotopic (exact) mass is 253 g/mol. The molecule has 0 spiro atoms. The molecule has 6 nitrogen and oxygen atoms in total. The zero-order chi connectivity index (χ0) is 12.4. The van der Waals surface area contributed by atoms with Crippen molar-refractivity contribution in [2.45, 2.75) is 6.61 Å². The predicted octanol–water partition coefficient (Wildman–Crippen LogP) is 1.39. The smallest absolute Gasteiger partial charge is 0.356 e. The van der Waals surface area contributed by atoms with Crippen LogP contribution in [-0.2, 0) is 18.4 Å². The van der Waals surface area contributed by atoms with Crippen LogP contribution in [0, 0.1) is 0 Å². The summed E-state index contributed by atoms with van der Waals surface area (Å²) in [5, 5.41) is 18.5. The zero-order valence-corrected chi connectivity index (χ0v) is 10.2. The number of hydrogen-bond donors (Lipinski definition) is 1. The summed E-state index contributed by atoms with van der Waals surface area (Å²) in [6.07, 6.45) is 0. The van der Waals surface area contributed by atoms with E-state index in [2.05, 4.69) is 10.3 Å². The van der Waals surface area contributed by atoms with Gasteiger partial charge in [0.2, 0.25) is 0 Å². The van der Waals surface area contributed by atoms with Crippen LogP contribution >= 0.6 is 11.3 Å². The molecule has 0 aliphatic carbocycles. The van der Waals surface area contributed by atoms with Crippen molar-refractivity contribution in [2.24, 2.45) is 7.05 Å². The number of carboxylic acid groups (broad SMARTS) is 1. The highest BCUT2D eigenvalue weighted by Gasteiger charge is 2.19. The summed E-state index contributed by atoms with van der Waals surface area (Å²) in [5.41, 5.74) is 1.23. The van der Waals surface area contributed by atoms with Crippen molar-refractivity contribution in [2.75, 3.05) is 7.11 Å². The maximum Gasteiger partial charge on any atom is 0.356 e. The molecule has 0 bridgehead atoms. The van der Waals surface area contributed by atoms with E-state index in [9.17, 15) is 4.79 Å². The SMILES string of the molecule is COCc1cc(-c2nnn(C)c2C(=O)O)cs1. The van der Waals surface area contributed by atoms with E-state index in [4.69, 9.17) is 9.84 Å². The van der Waals surface area contributed by atoms with Gasteiger partial charge in [0.15, 0.2) is 5.69 Å². The number of carboxylic acids is 1. The van der Waals surface area contributed by atoms with Gasteiger partial charge in [0, 0.05) is 30.0 Å². The van der Waals surface area contributed by atoms with Gasteiger partial charge in [-0.05, 0) is 6.07 Å². The molecule has 0 amide bonds. The molecule has 7 heteroatoms. The lowest BCUT2D eigenvalue weighted by molar-refractivity contribution is 0.0686. The first-order valence-corrected chi connectivity index (χ1v) is 5.71. The van der Waals surface area contributed by atoms with Gasteiger partial charge >= 0.3 is 5.97 Å². The molecule has 0 fully saturated rings. The molecule has 2 heterocycles. The number of thiophene rings is 1. The first kappa shape index (κ1) is 11.7. The van der Waals surface area contributed by atoms with Crippen LogP contribution in [0.1, 0.15) is 15.4 Å². The molecular weight excluding hydrogens is 242 g/mol. The molecule has 17 heavy (non-hydrogen) atoms. The maximum absolute atomic E-state index is 11.1. The molecule has 2 rings (SSSR count). The number of ether oxygens (including phenoxy) is 1. The normalized spacial score (nSPS) is 10.7. The fourth-order valence-corrected chi connectivity index (χ4v) is 2.35. The lowest BCUT2D eigenvalue weighted by atomic mass is 10.2. The molecule has 2 aromatic heterocycles. The summed E-state index contributed by atoms with van der Waals surface area (Å²) in [6, 6.07) is 1.87. The lowest BCUT2D eigenvalue weighted by Gasteiger charge is -1.96. The van der Waals surface area contributed by atoms with Crippen LogP contribution in [0.4, 0.5) is 0 Å². The van der Waals surface area contributed by atoms with Crippen molar-refractivity contribution in [1.29, 1.82) is 0 Å². The van der Waals surface area contributed by atoms with Crippen molar-refractivity contribution in [3.63, 3.8) is 0 Å². The topological polar surface area (TPSA) is 77.2 Å². The van der Waals surface area contributed by atoms with Crippen LogP contribution in [-0.4, -0.2) is 33.2 Å². The Kier molecular flexibility index (Phi) is 3.21. The lowest BCUT2D eigenvalue weighted by Crippen LogP contribution is -2.06. The van der Waals surface area contributed by atoms with Gasteiger partial charge in [-0.25, -0.2) is 9.48 Å². The minimum Gasteiger partial charge on any atom is -0.476 e. The fourth-order valence-electron chi connectivity index (χ4n) is 1.51. The van der Waals surface area contributed by atoms with Crippen molar-refractivity contribution in [3.8, 4) is 11.3 Å². The molecule has 0 aliphatic heterocycles. The van der Waals surface area contributed by atoms with E-state index in [1.54, 1.807) is 14.2 Å². The van der Waals surface area contributed by atoms with E-state index in [0.29, 0.717) is 12.3 Å². The van der Waals surface area contributed by atoms with E-state index < -0.39 is 5.97 Å². The van der Waals surface area contributed by atoms with E-state index in [1.165, 1.54) is 16.0 Å². The van der Waals surface area contributed by atoms with E-state index >= 15 is 0 Å². The number of hydrogen-bond acceptors (Lipinski definition) is 5. The molecule has 90 valence electrons. The number of rotatable bonds is 4. The van der Waals surface area contributed by atoms with Crippen LogP contribution in [0.3, 0.4) is 0 Å². The van der Waals surface area contributed by atoms with Crippen LogP contribution in [0.15, 0.2) is 11.4 Å². The second kappa shape index (κ2) is 4.64. The Hall–Kier alpha value is -1.73. The number of aromatic carboxylic acids is 1. The highest BCUT2D eigenvalue weighted by atomic mass is 32.1. The highest BCUT2D eigenvalue weighted by molar-refractivity contribution is 7.10. The van der Waals surface area contributed by atoms with Gasteiger partial charge in [-0.15, -0.1) is 16.4 Å². The van der Waals surface area contributed by atoms with Crippen molar-refractivity contribution >= 4 is 17.3 Å². The van der Waals surface area contributed by atoms with Gasteiger partial charge < -0.3 is 9.84 Å². The standard InChI is InChI=1S/C10H11N3O3S/c1-13-9(10(14)15)8(11-12-13)6-3-7(4-16-2)17-5-6/h3,5H,4H2,1-2H3,(H,14,15). The number of nitrogens with zero attached hydrogens (tertiary/aromatic N) is 3. The van der Waals surface area contributed by atoms with Crippen molar-refractivity contribution < 1.29 is 14.6 Å². The number of aromatic nitrogens is 3. The van der Waals surface area contributed by atoms with E-state index in [0.717, 1.165) is 10.4 Å². The molecule has 0 radical (unpaired) electrons. The zero-order valence-electron chi connectivity index (χ0n) is 9.38. The molecule has 0 atom stereocenters. The molecule has 0 aliphatic rings. The molecule has 0 saturated carbocycles. The van der Waals surface area contributed by atoms with Crippen LogP contribution in [0.5, 0.6) is 0 Å². The Bertz CT molecular complexity index is 547. The highest BCUT2D eigenvalue weighted by Crippen LogP contribution is 2.26. The van der Waals surface area contributed by atoms with Crippen molar-refractivity contribution in [1.82, 2.24) is 15.0 Å². The van der Waals surface area contributed by atoms with Crippen LogP contribution < -0.4 is 0 Å².